The van der Waals surface area contributed by atoms with E-state index in [1.54, 1.807) is 0 Å². The van der Waals surface area contributed by atoms with Crippen LogP contribution in [0.25, 0.3) is 0 Å². The van der Waals surface area contributed by atoms with Crippen LogP contribution in [-0.4, -0.2) is 46.6 Å². The van der Waals surface area contributed by atoms with E-state index in [1.165, 1.54) is 0 Å². The highest BCUT2D eigenvalue weighted by Gasteiger charge is 2.24. The smallest absolute Gasteiger partial charge is 0.330 e. The van der Waals surface area contributed by atoms with Crippen molar-refractivity contribution >= 4 is 23.3 Å². The normalized spacial score (nSPS) is 11.4. The van der Waals surface area contributed by atoms with E-state index in [0.717, 1.165) is 19.2 Å². The zero-order chi connectivity index (χ0) is 16.9. The fourth-order valence-electron chi connectivity index (χ4n) is 1.50. The van der Waals surface area contributed by atoms with Gasteiger partial charge in [-0.15, -0.1) is 0 Å². The molecule has 1 atom stereocenters. The Morgan fingerprint density at radius 3 is 2.09 bits per heavy atom. The summed E-state index contributed by atoms with van der Waals surface area (Å²) < 4.78 is 4.33. The van der Waals surface area contributed by atoms with Gasteiger partial charge in [0.2, 0.25) is 0 Å². The first-order valence-electron chi connectivity index (χ1n) is 5.73. The molecule has 1 rings (SSSR count). The Morgan fingerprint density at radius 2 is 1.73 bits per heavy atom. The predicted molar refractivity (Wildman–Crippen MR) is 70.1 cm³/mol. The van der Waals surface area contributed by atoms with E-state index in [0.29, 0.717) is 6.07 Å². The zero-order valence-electron chi connectivity index (χ0n) is 11.2. The number of hydrogen-bond donors (Lipinski definition) is 2. The average Bonchev–Trinajstić information content (AvgIpc) is 2.50. The summed E-state index contributed by atoms with van der Waals surface area (Å²) in [7, 11) is 1.04. The van der Waals surface area contributed by atoms with Gasteiger partial charge in [0, 0.05) is 12.1 Å². The quantitative estimate of drug-likeness (QED) is 0.413. The van der Waals surface area contributed by atoms with Crippen molar-refractivity contribution in [1.82, 2.24) is 5.32 Å². The fourth-order valence-corrected chi connectivity index (χ4v) is 1.50. The molecule has 1 unspecified atom stereocenters. The number of nitrogens with one attached hydrogen (secondary N) is 1. The molecule has 0 bridgehead atoms. The number of amides is 1. The van der Waals surface area contributed by atoms with Crippen molar-refractivity contribution in [2.45, 2.75) is 6.04 Å². The van der Waals surface area contributed by atoms with Crippen LogP contribution in [0, 0.1) is 20.2 Å². The minimum atomic E-state index is -1.39. The van der Waals surface area contributed by atoms with Gasteiger partial charge < -0.3 is 15.2 Å². The lowest BCUT2D eigenvalue weighted by atomic mass is 10.1. The van der Waals surface area contributed by atoms with Crippen LogP contribution in [-0.2, 0) is 9.53 Å². The number of carbonyl (C=O) groups excluding carboxylic acids is 2. The summed E-state index contributed by atoms with van der Waals surface area (Å²) in [5.74, 6) is -1.94. The predicted octanol–water partition coefficient (Wildman–Crippen LogP) is -0.233. The number of rotatable bonds is 6. The second-order valence-corrected chi connectivity index (χ2v) is 3.98. The molecule has 1 aromatic rings. The number of aliphatic hydroxyl groups excluding tert-OH is 1. The van der Waals surface area contributed by atoms with E-state index >= 15 is 0 Å². The third kappa shape index (κ3) is 3.96. The molecule has 0 radical (unpaired) electrons. The van der Waals surface area contributed by atoms with Crippen molar-refractivity contribution < 1.29 is 29.3 Å². The number of non-ortho nitro benzene ring substituents is 2. The average molecular weight is 313 g/mol. The molecule has 22 heavy (non-hydrogen) atoms. The van der Waals surface area contributed by atoms with Crippen molar-refractivity contribution in [1.29, 1.82) is 0 Å². The largest absolute Gasteiger partial charge is 0.467 e. The van der Waals surface area contributed by atoms with Crippen LogP contribution < -0.4 is 5.32 Å². The molecule has 0 heterocycles. The molecule has 118 valence electrons. The first kappa shape index (κ1) is 17.0. The Labute approximate surface area is 122 Å². The van der Waals surface area contributed by atoms with Crippen LogP contribution in [0.1, 0.15) is 10.4 Å². The third-order valence-corrected chi connectivity index (χ3v) is 2.56. The summed E-state index contributed by atoms with van der Waals surface area (Å²) in [6, 6.07) is 0.929. The van der Waals surface area contributed by atoms with E-state index < -0.39 is 51.3 Å². The van der Waals surface area contributed by atoms with Gasteiger partial charge in [0.25, 0.3) is 17.3 Å². The highest BCUT2D eigenvalue weighted by atomic mass is 16.6. The van der Waals surface area contributed by atoms with Crippen LogP contribution in [0.4, 0.5) is 11.4 Å². The van der Waals surface area contributed by atoms with Gasteiger partial charge in [0.1, 0.15) is 0 Å². The van der Waals surface area contributed by atoms with Gasteiger partial charge in [-0.1, -0.05) is 0 Å². The van der Waals surface area contributed by atoms with Crippen molar-refractivity contribution in [3.05, 3.63) is 44.0 Å². The Hall–Kier alpha value is -3.08. The van der Waals surface area contributed by atoms with Crippen molar-refractivity contribution in [3.8, 4) is 0 Å². The molecule has 0 aromatic heterocycles. The summed E-state index contributed by atoms with van der Waals surface area (Å²) in [6.45, 7) is -0.768. The molecular weight excluding hydrogens is 302 g/mol. The number of benzene rings is 1. The summed E-state index contributed by atoms with van der Waals surface area (Å²) >= 11 is 0. The van der Waals surface area contributed by atoms with Crippen molar-refractivity contribution in [3.63, 3.8) is 0 Å². The summed E-state index contributed by atoms with van der Waals surface area (Å²) in [5, 5.41) is 32.5. The standard InChI is InChI=1S/C11H11N3O8/c1-22-11(17)9(5-15)12-10(16)6-2-7(13(18)19)4-8(3-6)14(20)21/h2-4,9,15H,5H2,1H3,(H,12,16). The molecule has 0 aliphatic heterocycles. The van der Waals surface area contributed by atoms with E-state index in [-0.39, 0.29) is 0 Å². The first-order valence-corrected chi connectivity index (χ1v) is 5.73. The number of methoxy groups -OCH3 is 1. The molecule has 2 N–H and O–H groups in total. The lowest BCUT2D eigenvalue weighted by molar-refractivity contribution is -0.394. The monoisotopic (exact) mass is 313 g/mol. The van der Waals surface area contributed by atoms with Gasteiger partial charge >= 0.3 is 5.97 Å². The minimum absolute atomic E-state index is 0.400. The number of nitrogens with zero attached hydrogens (tertiary/aromatic N) is 2. The van der Waals surface area contributed by atoms with Crippen LogP contribution in [0.3, 0.4) is 0 Å². The van der Waals surface area contributed by atoms with Crippen molar-refractivity contribution in [2.24, 2.45) is 0 Å². The molecule has 0 spiro atoms. The van der Waals surface area contributed by atoms with Crippen LogP contribution in [0.15, 0.2) is 18.2 Å². The van der Waals surface area contributed by atoms with E-state index in [1.807, 2.05) is 0 Å². The third-order valence-electron chi connectivity index (χ3n) is 2.56. The van der Waals surface area contributed by atoms with Crippen LogP contribution in [0.5, 0.6) is 0 Å². The second kappa shape index (κ2) is 7.08. The van der Waals surface area contributed by atoms with Gasteiger partial charge in [-0.2, -0.15) is 0 Å². The number of ether oxygens (including phenoxy) is 1. The molecule has 1 amide bonds. The summed E-state index contributed by atoms with van der Waals surface area (Å²) in [6.07, 6.45) is 0. The zero-order valence-corrected chi connectivity index (χ0v) is 11.2. The number of carbonyl (C=O) groups is 2. The van der Waals surface area contributed by atoms with E-state index in [2.05, 4.69) is 10.1 Å². The number of nitro benzene ring substituents is 2. The molecular formula is C11H11N3O8. The minimum Gasteiger partial charge on any atom is -0.467 e. The molecule has 0 saturated carbocycles. The Bertz CT molecular complexity index is 598. The van der Waals surface area contributed by atoms with E-state index in [4.69, 9.17) is 5.11 Å². The number of esters is 1. The Morgan fingerprint density at radius 1 is 1.23 bits per heavy atom. The van der Waals surface area contributed by atoms with Crippen LogP contribution in [0.2, 0.25) is 0 Å². The highest BCUT2D eigenvalue weighted by Crippen LogP contribution is 2.22. The lowest BCUT2D eigenvalue weighted by Gasteiger charge is -2.13. The van der Waals surface area contributed by atoms with E-state index in [9.17, 15) is 29.8 Å². The molecule has 11 heteroatoms. The maximum Gasteiger partial charge on any atom is 0.330 e. The fraction of sp³-hybridized carbons (Fsp3) is 0.273. The Balaban J connectivity index is 3.14. The van der Waals surface area contributed by atoms with Crippen molar-refractivity contribution in [2.75, 3.05) is 13.7 Å². The van der Waals surface area contributed by atoms with Gasteiger partial charge in [-0.3, -0.25) is 25.0 Å². The van der Waals surface area contributed by atoms with Gasteiger partial charge in [0.05, 0.1) is 35.2 Å². The molecule has 11 nitrogen and oxygen atoms in total. The molecule has 0 aliphatic rings. The van der Waals surface area contributed by atoms with Gasteiger partial charge in [-0.05, 0) is 0 Å². The molecule has 0 saturated heterocycles. The maximum absolute atomic E-state index is 11.9. The van der Waals surface area contributed by atoms with Gasteiger partial charge in [-0.25, -0.2) is 4.79 Å². The van der Waals surface area contributed by atoms with Gasteiger partial charge in [0.15, 0.2) is 6.04 Å². The maximum atomic E-state index is 11.9. The number of nitro groups is 2. The number of aliphatic hydroxyl groups is 1. The molecule has 0 fully saturated rings. The van der Waals surface area contributed by atoms with Crippen LogP contribution >= 0.6 is 0 Å². The summed E-state index contributed by atoms with van der Waals surface area (Å²) in [4.78, 5) is 42.8. The second-order valence-electron chi connectivity index (χ2n) is 3.98. The SMILES string of the molecule is COC(=O)C(CO)NC(=O)c1cc([N+](=O)[O-])cc([N+](=O)[O-])c1. The lowest BCUT2D eigenvalue weighted by Crippen LogP contribution is -2.44. The topological polar surface area (TPSA) is 162 Å². The highest BCUT2D eigenvalue weighted by molar-refractivity contribution is 5.98. The Kier molecular flexibility index (Phi) is 5.46. The molecule has 0 aliphatic carbocycles. The number of hydrogen-bond acceptors (Lipinski definition) is 8. The summed E-state index contributed by atoms with van der Waals surface area (Å²) in [5.41, 5.74) is -1.71. The molecule has 1 aromatic carbocycles. The first-order chi connectivity index (χ1) is 10.3.